The summed E-state index contributed by atoms with van der Waals surface area (Å²) in [5.41, 5.74) is 2.89. The minimum absolute atomic E-state index is 0.0162. The molecule has 1 aromatic carbocycles. The Morgan fingerprint density at radius 1 is 1.00 bits per heavy atom. The lowest BCUT2D eigenvalue weighted by molar-refractivity contribution is -0.0498. The van der Waals surface area contributed by atoms with Crippen molar-refractivity contribution in [2.75, 3.05) is 0 Å². The molecule has 0 N–H and O–H groups in total. The van der Waals surface area contributed by atoms with Crippen LogP contribution in [-0.2, 0) is 19.4 Å². The molecule has 4 aromatic rings. The number of carbonyl (C=O) groups excluding carboxylic acids is 1. The Labute approximate surface area is 182 Å². The third-order valence-corrected chi connectivity index (χ3v) is 5.64. The molecule has 0 saturated carbocycles. The molecule has 0 amide bonds. The maximum absolute atomic E-state index is 12.6. The summed E-state index contributed by atoms with van der Waals surface area (Å²) < 4.78 is 31.1. The molecular weight excluding hydrogens is 414 g/mol. The number of pyridine rings is 2. The first-order chi connectivity index (χ1) is 15.6. The lowest BCUT2D eigenvalue weighted by Gasteiger charge is -2.16. The van der Waals surface area contributed by atoms with E-state index in [4.69, 9.17) is 0 Å². The number of aryl methyl sites for hydroxylation is 1. The number of fused-ring (bicyclic) bond motifs is 2. The quantitative estimate of drug-likeness (QED) is 0.406. The number of carbonyl (C=O) groups is 1. The second-order valence-corrected chi connectivity index (χ2v) is 7.76. The van der Waals surface area contributed by atoms with Crippen molar-refractivity contribution in [2.45, 2.75) is 38.8 Å². The number of benzene rings is 1. The van der Waals surface area contributed by atoms with E-state index in [0.29, 0.717) is 11.3 Å². The largest absolute Gasteiger partial charge is 0.435 e. The molecule has 1 aliphatic heterocycles. The maximum Gasteiger partial charge on any atom is 0.387 e. The predicted molar refractivity (Wildman–Crippen MR) is 115 cm³/mol. The number of aromatic nitrogens is 4. The van der Waals surface area contributed by atoms with E-state index in [-0.39, 0.29) is 18.0 Å². The summed E-state index contributed by atoms with van der Waals surface area (Å²) in [6, 6.07) is 9.56. The highest BCUT2D eigenvalue weighted by Gasteiger charge is 2.16. The highest BCUT2D eigenvalue weighted by atomic mass is 19.3. The second kappa shape index (κ2) is 8.45. The fraction of sp³-hybridized carbons (Fsp3) is 0.250. The zero-order chi connectivity index (χ0) is 22.1. The number of hydrogen-bond donors (Lipinski definition) is 0. The second-order valence-electron chi connectivity index (χ2n) is 7.76. The third kappa shape index (κ3) is 4.08. The van der Waals surface area contributed by atoms with Crippen LogP contribution in [0.1, 0.15) is 34.7 Å². The number of rotatable bonds is 6. The van der Waals surface area contributed by atoms with Crippen molar-refractivity contribution in [3.05, 3.63) is 72.1 Å². The van der Waals surface area contributed by atoms with Crippen LogP contribution in [0.2, 0.25) is 0 Å². The molecule has 32 heavy (non-hydrogen) atoms. The number of nitrogens with zero attached hydrogens (tertiary/aromatic N) is 4. The van der Waals surface area contributed by atoms with Crippen LogP contribution in [0, 0.1) is 0 Å². The summed E-state index contributed by atoms with van der Waals surface area (Å²) in [5, 5.41) is 1.83. The highest BCUT2D eigenvalue weighted by molar-refractivity contribution is 5.98. The molecule has 162 valence electrons. The topological polar surface area (TPSA) is 69.9 Å². The molecule has 6 nitrogen and oxygen atoms in total. The van der Waals surface area contributed by atoms with Crippen molar-refractivity contribution >= 4 is 16.6 Å². The third-order valence-electron chi connectivity index (χ3n) is 5.64. The number of alkyl halides is 2. The van der Waals surface area contributed by atoms with Gasteiger partial charge in [0.15, 0.2) is 5.78 Å². The minimum Gasteiger partial charge on any atom is -0.435 e. The van der Waals surface area contributed by atoms with Gasteiger partial charge in [-0.2, -0.15) is 8.78 Å². The Balaban J connectivity index is 1.38. The molecule has 8 heteroatoms. The van der Waals surface area contributed by atoms with Crippen LogP contribution in [0.3, 0.4) is 0 Å². The number of hydrogen-bond acceptors (Lipinski definition) is 5. The van der Waals surface area contributed by atoms with E-state index in [1.54, 1.807) is 12.4 Å². The van der Waals surface area contributed by atoms with Crippen LogP contribution in [0.4, 0.5) is 8.78 Å². The smallest absolute Gasteiger partial charge is 0.387 e. The first-order valence-corrected chi connectivity index (χ1v) is 10.4. The molecule has 0 saturated heterocycles. The van der Waals surface area contributed by atoms with E-state index in [1.165, 1.54) is 24.3 Å². The van der Waals surface area contributed by atoms with Gasteiger partial charge >= 0.3 is 6.61 Å². The van der Waals surface area contributed by atoms with Crippen molar-refractivity contribution < 1.29 is 18.3 Å². The van der Waals surface area contributed by atoms with E-state index in [0.717, 1.165) is 53.8 Å². The van der Waals surface area contributed by atoms with E-state index >= 15 is 0 Å². The summed E-state index contributed by atoms with van der Waals surface area (Å²) in [4.78, 5) is 26.2. The Hall–Kier alpha value is -3.68. The van der Waals surface area contributed by atoms with Crippen LogP contribution in [0.25, 0.3) is 22.2 Å². The van der Waals surface area contributed by atoms with Crippen LogP contribution in [0.5, 0.6) is 5.75 Å². The van der Waals surface area contributed by atoms with Gasteiger partial charge in [0.25, 0.3) is 0 Å². The molecule has 5 rings (SSSR count). The number of halogens is 2. The summed E-state index contributed by atoms with van der Waals surface area (Å²) in [6.07, 6.45) is 8.75. The number of ether oxygens (including phenoxy) is 1. The van der Waals surface area contributed by atoms with Crippen molar-refractivity contribution in [1.82, 2.24) is 19.5 Å². The van der Waals surface area contributed by atoms with Gasteiger partial charge in [-0.05, 0) is 54.6 Å². The van der Waals surface area contributed by atoms with Crippen molar-refractivity contribution in [1.29, 1.82) is 0 Å². The fourth-order valence-electron chi connectivity index (χ4n) is 4.03. The first kappa shape index (κ1) is 20.2. The van der Waals surface area contributed by atoms with Crippen LogP contribution >= 0.6 is 0 Å². The van der Waals surface area contributed by atoms with Crippen molar-refractivity contribution in [3.8, 4) is 17.1 Å². The van der Waals surface area contributed by atoms with E-state index < -0.39 is 6.61 Å². The van der Waals surface area contributed by atoms with Gasteiger partial charge in [0.1, 0.15) is 11.6 Å². The van der Waals surface area contributed by atoms with Gasteiger partial charge < -0.3 is 9.30 Å². The average Bonchev–Trinajstić information content (AvgIpc) is 3.23. The Bertz CT molecular complexity index is 1290. The van der Waals surface area contributed by atoms with Crippen molar-refractivity contribution in [3.63, 3.8) is 0 Å². The molecule has 4 heterocycles. The summed E-state index contributed by atoms with van der Waals surface area (Å²) in [7, 11) is 0. The monoisotopic (exact) mass is 434 g/mol. The summed E-state index contributed by atoms with van der Waals surface area (Å²) >= 11 is 0. The maximum atomic E-state index is 12.6. The molecular formula is C24H20F2N4O2. The normalized spacial score (nSPS) is 13.3. The lowest BCUT2D eigenvalue weighted by atomic mass is 10.0. The molecule has 0 spiro atoms. The molecule has 0 fully saturated rings. The van der Waals surface area contributed by atoms with Crippen LogP contribution in [-0.4, -0.2) is 31.9 Å². The molecule has 0 radical (unpaired) electrons. The van der Waals surface area contributed by atoms with E-state index in [9.17, 15) is 13.6 Å². The molecule has 3 aromatic heterocycles. The Morgan fingerprint density at radius 3 is 2.62 bits per heavy atom. The van der Waals surface area contributed by atoms with Gasteiger partial charge in [-0.15, -0.1) is 0 Å². The van der Waals surface area contributed by atoms with Gasteiger partial charge in [-0.25, -0.2) is 4.98 Å². The lowest BCUT2D eigenvalue weighted by Crippen LogP contribution is -2.11. The van der Waals surface area contributed by atoms with E-state index in [1.807, 2.05) is 18.3 Å². The number of imidazole rings is 1. The van der Waals surface area contributed by atoms with Gasteiger partial charge in [0.05, 0.1) is 24.0 Å². The van der Waals surface area contributed by atoms with Crippen LogP contribution < -0.4 is 4.74 Å². The Kier molecular flexibility index (Phi) is 5.34. The number of ketones is 1. The van der Waals surface area contributed by atoms with Crippen molar-refractivity contribution in [2.24, 2.45) is 0 Å². The zero-order valence-electron chi connectivity index (χ0n) is 17.2. The molecule has 1 aliphatic rings. The van der Waals surface area contributed by atoms with E-state index in [2.05, 4.69) is 24.3 Å². The van der Waals surface area contributed by atoms with Gasteiger partial charge in [-0.3, -0.25) is 14.8 Å². The fourth-order valence-corrected chi connectivity index (χ4v) is 4.03. The minimum atomic E-state index is -2.90. The SMILES string of the molecule is O=C(Cc1cc2cc(-c3cnc4n3CCCC4)ncc2cn1)c1ccc(OC(F)F)cc1. The van der Waals surface area contributed by atoms with Gasteiger partial charge in [0.2, 0.25) is 0 Å². The number of Topliss-reactive ketones (excluding diaryl/α,β-unsaturated/α-hetero) is 1. The average molecular weight is 434 g/mol. The summed E-state index contributed by atoms with van der Waals surface area (Å²) in [6.45, 7) is -1.95. The molecule has 0 unspecified atom stereocenters. The van der Waals surface area contributed by atoms with Gasteiger partial charge in [0, 0.05) is 42.0 Å². The first-order valence-electron chi connectivity index (χ1n) is 10.4. The molecule has 0 atom stereocenters. The van der Waals surface area contributed by atoms with Crippen LogP contribution in [0.15, 0.2) is 55.0 Å². The zero-order valence-corrected chi connectivity index (χ0v) is 17.2. The molecule has 0 bridgehead atoms. The van der Waals surface area contributed by atoms with Gasteiger partial charge in [-0.1, -0.05) is 0 Å². The summed E-state index contributed by atoms with van der Waals surface area (Å²) in [5.74, 6) is 0.959. The standard InChI is InChI=1S/C24H20F2N4O2/c25-24(26)32-19-6-4-15(5-7-19)22(31)11-18-9-16-10-20(28-13-17(16)12-27-18)21-14-29-23-3-1-2-8-30(21)23/h4-7,9-10,12-14,24H,1-3,8,11H2. The predicted octanol–water partition coefficient (Wildman–Crippen LogP) is 4.86. The Morgan fingerprint density at radius 2 is 1.81 bits per heavy atom. The molecule has 0 aliphatic carbocycles. The highest BCUT2D eigenvalue weighted by Crippen LogP contribution is 2.26.